The molecular formula is C25H33N3O5S. The van der Waals surface area contributed by atoms with Gasteiger partial charge in [-0.3, -0.25) is 9.69 Å². The van der Waals surface area contributed by atoms with Crippen LogP contribution in [0, 0.1) is 0 Å². The van der Waals surface area contributed by atoms with E-state index in [0.29, 0.717) is 31.7 Å². The third-order valence-corrected chi connectivity index (χ3v) is 8.65. The number of amides is 1. The summed E-state index contributed by atoms with van der Waals surface area (Å²) in [6, 6.07) is 13.5. The van der Waals surface area contributed by atoms with Crippen LogP contribution < -0.4 is 14.8 Å². The lowest BCUT2D eigenvalue weighted by molar-refractivity contribution is -0.124. The minimum Gasteiger partial charge on any atom is -0.497 e. The zero-order valence-corrected chi connectivity index (χ0v) is 20.6. The smallest absolute Gasteiger partial charge is 0.243 e. The largest absolute Gasteiger partial charge is 0.497 e. The normalized spacial score (nSPS) is 20.2. The van der Waals surface area contributed by atoms with Crippen LogP contribution in [-0.2, 0) is 14.8 Å². The van der Waals surface area contributed by atoms with Crippen molar-refractivity contribution in [2.75, 3.05) is 40.4 Å². The van der Waals surface area contributed by atoms with Gasteiger partial charge in [-0.1, -0.05) is 12.1 Å². The van der Waals surface area contributed by atoms with E-state index in [1.807, 2.05) is 24.3 Å². The first-order valence-electron chi connectivity index (χ1n) is 11.8. The van der Waals surface area contributed by atoms with E-state index in [2.05, 4.69) is 10.2 Å². The molecule has 1 amide bonds. The second-order valence-electron chi connectivity index (χ2n) is 8.73. The Kier molecular flexibility index (Phi) is 7.75. The molecule has 9 heteroatoms. The molecule has 0 saturated carbocycles. The van der Waals surface area contributed by atoms with E-state index in [9.17, 15) is 13.2 Å². The number of likely N-dealkylation sites (tertiary alicyclic amines) is 1. The number of carbonyl (C=O) groups excluding carboxylic acids is 1. The third kappa shape index (κ3) is 5.21. The van der Waals surface area contributed by atoms with Crippen molar-refractivity contribution < 1.29 is 22.7 Å². The van der Waals surface area contributed by atoms with Gasteiger partial charge in [0.25, 0.3) is 0 Å². The molecule has 0 radical (unpaired) electrons. The van der Waals surface area contributed by atoms with Crippen LogP contribution in [0.3, 0.4) is 0 Å². The molecule has 4 rings (SSSR count). The average molecular weight is 488 g/mol. The SMILES string of the molecule is COc1ccc(C(CNC(=O)C2CCCN2S(=O)(=O)c2ccc(OC)cc2)N2CCCC2)cc1. The Bertz CT molecular complexity index is 1070. The first-order chi connectivity index (χ1) is 16.4. The molecule has 8 nitrogen and oxygen atoms in total. The molecule has 1 N–H and O–H groups in total. The molecule has 2 fully saturated rings. The van der Waals surface area contributed by atoms with Crippen molar-refractivity contribution >= 4 is 15.9 Å². The van der Waals surface area contributed by atoms with Gasteiger partial charge in [0.2, 0.25) is 15.9 Å². The maximum Gasteiger partial charge on any atom is 0.243 e. The lowest BCUT2D eigenvalue weighted by Crippen LogP contribution is -2.47. The fraction of sp³-hybridized carbons (Fsp3) is 0.480. The summed E-state index contributed by atoms with van der Waals surface area (Å²) >= 11 is 0. The number of carbonyl (C=O) groups is 1. The van der Waals surface area contributed by atoms with Crippen molar-refractivity contribution in [3.63, 3.8) is 0 Å². The summed E-state index contributed by atoms with van der Waals surface area (Å²) in [6.07, 6.45) is 3.44. The van der Waals surface area contributed by atoms with Crippen LogP contribution in [0.25, 0.3) is 0 Å². The summed E-state index contributed by atoms with van der Waals surface area (Å²) in [5, 5.41) is 3.06. The zero-order chi connectivity index (χ0) is 24.1. The van der Waals surface area contributed by atoms with Crippen LogP contribution in [0.5, 0.6) is 11.5 Å². The summed E-state index contributed by atoms with van der Waals surface area (Å²) in [4.78, 5) is 15.8. The van der Waals surface area contributed by atoms with Crippen LogP contribution >= 0.6 is 0 Å². The molecule has 2 aliphatic rings. The molecule has 2 atom stereocenters. The van der Waals surface area contributed by atoms with Crippen molar-refractivity contribution in [2.24, 2.45) is 0 Å². The third-order valence-electron chi connectivity index (χ3n) is 6.72. The van der Waals surface area contributed by atoms with E-state index in [1.165, 1.54) is 23.5 Å². The zero-order valence-electron chi connectivity index (χ0n) is 19.8. The molecule has 0 bridgehead atoms. The number of rotatable bonds is 9. The maximum absolute atomic E-state index is 13.3. The fourth-order valence-corrected chi connectivity index (χ4v) is 6.48. The van der Waals surface area contributed by atoms with Crippen LogP contribution in [0.2, 0.25) is 0 Å². The van der Waals surface area contributed by atoms with Gasteiger partial charge >= 0.3 is 0 Å². The molecule has 0 aliphatic carbocycles. The first-order valence-corrected chi connectivity index (χ1v) is 13.2. The van der Waals surface area contributed by atoms with Gasteiger partial charge in [-0.15, -0.1) is 0 Å². The van der Waals surface area contributed by atoms with Gasteiger partial charge in [0.15, 0.2) is 0 Å². The molecule has 2 unspecified atom stereocenters. The Balaban J connectivity index is 1.47. The number of benzene rings is 2. The molecule has 2 aromatic carbocycles. The second kappa shape index (κ2) is 10.8. The van der Waals surface area contributed by atoms with Crippen molar-refractivity contribution in [1.29, 1.82) is 0 Å². The van der Waals surface area contributed by atoms with Gasteiger partial charge in [0, 0.05) is 13.1 Å². The van der Waals surface area contributed by atoms with Crippen LogP contribution in [0.15, 0.2) is 53.4 Å². The number of sulfonamides is 1. The van der Waals surface area contributed by atoms with Crippen molar-refractivity contribution in [1.82, 2.24) is 14.5 Å². The fourth-order valence-electron chi connectivity index (χ4n) is 4.83. The molecule has 34 heavy (non-hydrogen) atoms. The highest BCUT2D eigenvalue weighted by molar-refractivity contribution is 7.89. The number of nitrogens with zero attached hydrogens (tertiary/aromatic N) is 2. The molecule has 2 heterocycles. The Morgan fingerprint density at radius 3 is 2.12 bits per heavy atom. The quantitative estimate of drug-likeness (QED) is 0.585. The van der Waals surface area contributed by atoms with Crippen LogP contribution in [0.4, 0.5) is 0 Å². The summed E-state index contributed by atoms with van der Waals surface area (Å²) in [5.41, 5.74) is 1.11. The highest BCUT2D eigenvalue weighted by Gasteiger charge is 2.39. The number of nitrogens with one attached hydrogen (secondary N) is 1. The summed E-state index contributed by atoms with van der Waals surface area (Å²) < 4.78 is 38.3. The Morgan fingerprint density at radius 1 is 0.941 bits per heavy atom. The number of hydrogen-bond acceptors (Lipinski definition) is 6. The van der Waals surface area contributed by atoms with E-state index < -0.39 is 16.1 Å². The first kappa shape index (κ1) is 24.5. The number of methoxy groups -OCH3 is 2. The van der Waals surface area contributed by atoms with Crippen LogP contribution in [0.1, 0.15) is 37.3 Å². The van der Waals surface area contributed by atoms with Gasteiger partial charge in [-0.05, 0) is 80.7 Å². The number of ether oxygens (including phenoxy) is 2. The predicted molar refractivity (Wildman–Crippen MR) is 129 cm³/mol. The monoisotopic (exact) mass is 487 g/mol. The predicted octanol–water partition coefficient (Wildman–Crippen LogP) is 2.81. The lowest BCUT2D eigenvalue weighted by Gasteiger charge is -2.30. The highest BCUT2D eigenvalue weighted by atomic mass is 32.2. The minimum absolute atomic E-state index is 0.0328. The molecule has 2 aliphatic heterocycles. The minimum atomic E-state index is -3.78. The second-order valence-corrected chi connectivity index (χ2v) is 10.6. The van der Waals surface area contributed by atoms with Crippen molar-refractivity contribution in [3.05, 3.63) is 54.1 Å². The van der Waals surface area contributed by atoms with Crippen molar-refractivity contribution in [2.45, 2.75) is 42.7 Å². The molecule has 0 aromatic heterocycles. The topological polar surface area (TPSA) is 88.2 Å². The maximum atomic E-state index is 13.3. The van der Waals surface area contributed by atoms with Crippen molar-refractivity contribution in [3.8, 4) is 11.5 Å². The van der Waals surface area contributed by atoms with E-state index >= 15 is 0 Å². The Labute approximate surface area is 201 Å². The Hall–Kier alpha value is -2.62. The van der Waals surface area contributed by atoms with Gasteiger partial charge in [0.1, 0.15) is 17.5 Å². The van der Waals surface area contributed by atoms with Gasteiger partial charge < -0.3 is 14.8 Å². The Morgan fingerprint density at radius 2 is 1.53 bits per heavy atom. The molecule has 2 saturated heterocycles. The summed E-state index contributed by atoms with van der Waals surface area (Å²) in [5.74, 6) is 1.13. The van der Waals surface area contributed by atoms with Gasteiger partial charge in [0.05, 0.1) is 25.2 Å². The van der Waals surface area contributed by atoms with Gasteiger partial charge in [-0.25, -0.2) is 8.42 Å². The van der Waals surface area contributed by atoms with Gasteiger partial charge in [-0.2, -0.15) is 4.31 Å². The van der Waals surface area contributed by atoms with E-state index in [0.717, 1.165) is 37.2 Å². The van der Waals surface area contributed by atoms with E-state index in [-0.39, 0.29) is 16.8 Å². The lowest BCUT2D eigenvalue weighted by atomic mass is 10.0. The van der Waals surface area contributed by atoms with E-state index in [1.54, 1.807) is 19.2 Å². The standard InChI is InChI=1S/C25H33N3O5S/c1-32-20-9-7-19(8-10-20)24(27-15-3-4-16-27)18-26-25(29)23-6-5-17-28(23)34(30,31)22-13-11-21(33-2)12-14-22/h7-14,23-24H,3-6,15-18H2,1-2H3,(H,26,29). The average Bonchev–Trinajstić information content (AvgIpc) is 3.57. The molecular weight excluding hydrogens is 454 g/mol. The summed E-state index contributed by atoms with van der Waals surface area (Å²) in [6.45, 7) is 2.72. The molecule has 2 aromatic rings. The molecule has 184 valence electrons. The van der Waals surface area contributed by atoms with E-state index in [4.69, 9.17) is 9.47 Å². The summed E-state index contributed by atoms with van der Waals surface area (Å²) in [7, 11) is -0.606. The number of hydrogen-bond donors (Lipinski definition) is 1. The van der Waals surface area contributed by atoms with Crippen LogP contribution in [-0.4, -0.2) is 70.0 Å². The highest BCUT2D eigenvalue weighted by Crippen LogP contribution is 2.29. The molecule has 0 spiro atoms.